The van der Waals surface area contributed by atoms with Crippen molar-refractivity contribution in [2.45, 2.75) is 0 Å². The Morgan fingerprint density at radius 3 is 2.50 bits per heavy atom. The Morgan fingerprint density at radius 1 is 0.778 bits per heavy atom. The van der Waals surface area contributed by atoms with Gasteiger partial charge in [0.1, 0.15) is 6.33 Å². The highest BCUT2D eigenvalue weighted by Crippen LogP contribution is 2.17. The summed E-state index contributed by atoms with van der Waals surface area (Å²) in [6, 6.07) is 13.7. The third-order valence-electron chi connectivity index (χ3n) is 2.85. The molecule has 1 aromatic carbocycles. The van der Waals surface area contributed by atoms with Crippen LogP contribution in [0.1, 0.15) is 0 Å². The van der Waals surface area contributed by atoms with E-state index in [0.717, 1.165) is 22.7 Å². The molecule has 0 fully saturated rings. The standard InChI is InChI=1S/C12H8N6/c1-2-4-9(5-3-1)12-16-15-11-7-6-10-14-13-8-17(10)18(11)12/h1-8H. The summed E-state index contributed by atoms with van der Waals surface area (Å²) in [6.45, 7) is 0. The first-order chi connectivity index (χ1) is 8.93. The van der Waals surface area contributed by atoms with Crippen LogP contribution in [0.15, 0.2) is 48.8 Å². The molecule has 0 amide bonds. The fourth-order valence-electron chi connectivity index (χ4n) is 2.03. The topological polar surface area (TPSA) is 60.4 Å². The van der Waals surface area contributed by atoms with Crippen LogP contribution in [0.3, 0.4) is 0 Å². The van der Waals surface area contributed by atoms with Crippen molar-refractivity contribution in [1.29, 1.82) is 0 Å². The fourth-order valence-corrected chi connectivity index (χ4v) is 2.03. The molecule has 0 aliphatic carbocycles. The van der Waals surface area contributed by atoms with Gasteiger partial charge in [-0.15, -0.1) is 20.4 Å². The zero-order valence-electron chi connectivity index (χ0n) is 9.30. The van der Waals surface area contributed by atoms with Gasteiger partial charge in [0.05, 0.1) is 0 Å². The first kappa shape index (κ1) is 9.29. The number of hydrogen-bond donors (Lipinski definition) is 0. The van der Waals surface area contributed by atoms with Gasteiger partial charge in [-0.2, -0.15) is 0 Å². The van der Waals surface area contributed by atoms with Crippen molar-refractivity contribution in [2.75, 3.05) is 0 Å². The van der Waals surface area contributed by atoms with E-state index in [-0.39, 0.29) is 0 Å². The van der Waals surface area contributed by atoms with Crippen LogP contribution in [-0.2, 0) is 0 Å². The molecule has 4 aromatic rings. The van der Waals surface area contributed by atoms with E-state index in [1.165, 1.54) is 0 Å². The van der Waals surface area contributed by atoms with Crippen LogP contribution in [0.5, 0.6) is 0 Å². The first-order valence-electron chi connectivity index (χ1n) is 5.53. The predicted octanol–water partition coefficient (Wildman–Crippen LogP) is 1.44. The predicted molar refractivity (Wildman–Crippen MR) is 65.0 cm³/mol. The number of hydrogen-bond acceptors (Lipinski definition) is 4. The van der Waals surface area contributed by atoms with E-state index in [0.29, 0.717) is 0 Å². The SMILES string of the molecule is c1ccc(-c2nnc3ccc4nncn4n23)cc1. The molecule has 18 heavy (non-hydrogen) atoms. The summed E-state index contributed by atoms with van der Waals surface area (Å²) in [6.07, 6.45) is 1.65. The zero-order chi connectivity index (χ0) is 11.9. The van der Waals surface area contributed by atoms with E-state index in [4.69, 9.17) is 0 Å². The minimum Gasteiger partial charge on any atom is -0.213 e. The molecule has 0 N–H and O–H groups in total. The van der Waals surface area contributed by atoms with Crippen LogP contribution >= 0.6 is 0 Å². The number of aromatic nitrogens is 6. The summed E-state index contributed by atoms with van der Waals surface area (Å²) in [5.41, 5.74) is 2.53. The second kappa shape index (κ2) is 3.36. The van der Waals surface area contributed by atoms with E-state index >= 15 is 0 Å². The minimum absolute atomic E-state index is 0.763. The average Bonchev–Trinajstić information content (AvgIpc) is 3.05. The smallest absolute Gasteiger partial charge is 0.183 e. The largest absolute Gasteiger partial charge is 0.213 e. The Hall–Kier alpha value is -2.76. The van der Waals surface area contributed by atoms with Crippen molar-refractivity contribution in [3.63, 3.8) is 0 Å². The van der Waals surface area contributed by atoms with Crippen LogP contribution < -0.4 is 0 Å². The maximum atomic E-state index is 4.23. The Morgan fingerprint density at radius 2 is 1.61 bits per heavy atom. The quantitative estimate of drug-likeness (QED) is 0.501. The molecule has 0 unspecified atom stereocenters. The Kier molecular flexibility index (Phi) is 1.74. The zero-order valence-corrected chi connectivity index (χ0v) is 9.30. The van der Waals surface area contributed by atoms with Crippen molar-refractivity contribution in [3.8, 4) is 11.4 Å². The molecule has 6 heteroatoms. The molecule has 86 valence electrons. The molecule has 6 nitrogen and oxygen atoms in total. The molecule has 0 saturated heterocycles. The van der Waals surface area contributed by atoms with E-state index in [1.54, 1.807) is 6.33 Å². The Labute approximate surface area is 102 Å². The molecule has 0 aliphatic rings. The lowest BCUT2D eigenvalue weighted by Gasteiger charge is -2.02. The maximum Gasteiger partial charge on any atom is 0.183 e. The summed E-state index contributed by atoms with van der Waals surface area (Å²) >= 11 is 0. The minimum atomic E-state index is 0.763. The first-order valence-corrected chi connectivity index (χ1v) is 5.53. The Bertz CT molecular complexity index is 829. The molecule has 0 atom stereocenters. The van der Waals surface area contributed by atoms with E-state index < -0.39 is 0 Å². The summed E-state index contributed by atoms with van der Waals surface area (Å²) in [5.74, 6) is 0.774. The summed E-state index contributed by atoms with van der Waals surface area (Å²) in [5, 5.41) is 16.3. The normalized spacial score (nSPS) is 11.3. The fraction of sp³-hybridized carbons (Fsp3) is 0. The van der Waals surface area contributed by atoms with E-state index in [1.807, 2.05) is 51.5 Å². The summed E-state index contributed by atoms with van der Waals surface area (Å²) in [4.78, 5) is 0. The maximum absolute atomic E-state index is 4.23. The van der Waals surface area contributed by atoms with Crippen LogP contribution in [-0.4, -0.2) is 29.4 Å². The van der Waals surface area contributed by atoms with Crippen molar-refractivity contribution < 1.29 is 0 Å². The molecule has 4 rings (SSSR count). The van der Waals surface area contributed by atoms with Crippen molar-refractivity contribution >= 4 is 11.3 Å². The lowest BCUT2D eigenvalue weighted by molar-refractivity contribution is 0.850. The molecular weight excluding hydrogens is 228 g/mol. The van der Waals surface area contributed by atoms with Crippen LogP contribution in [0.4, 0.5) is 0 Å². The molecular formula is C12H8N6. The number of benzene rings is 1. The van der Waals surface area contributed by atoms with Crippen LogP contribution in [0.25, 0.3) is 22.7 Å². The van der Waals surface area contributed by atoms with Gasteiger partial charge in [0.2, 0.25) is 0 Å². The highest BCUT2D eigenvalue weighted by Gasteiger charge is 2.10. The van der Waals surface area contributed by atoms with Gasteiger partial charge in [-0.05, 0) is 12.1 Å². The van der Waals surface area contributed by atoms with Gasteiger partial charge in [0.25, 0.3) is 0 Å². The molecule has 0 bridgehead atoms. The third-order valence-corrected chi connectivity index (χ3v) is 2.85. The summed E-state index contributed by atoms with van der Waals surface area (Å²) < 4.78 is 3.72. The number of fused-ring (bicyclic) bond motifs is 3. The summed E-state index contributed by atoms with van der Waals surface area (Å²) in [7, 11) is 0. The lowest BCUT2D eigenvalue weighted by atomic mass is 10.2. The van der Waals surface area contributed by atoms with Gasteiger partial charge >= 0.3 is 0 Å². The van der Waals surface area contributed by atoms with Gasteiger partial charge in [0.15, 0.2) is 17.1 Å². The van der Waals surface area contributed by atoms with Crippen molar-refractivity contribution in [2.24, 2.45) is 0 Å². The van der Waals surface area contributed by atoms with Crippen LogP contribution in [0.2, 0.25) is 0 Å². The highest BCUT2D eigenvalue weighted by atomic mass is 15.5. The highest BCUT2D eigenvalue weighted by molar-refractivity contribution is 5.59. The van der Waals surface area contributed by atoms with E-state index in [2.05, 4.69) is 20.4 Å². The second-order valence-corrected chi connectivity index (χ2v) is 3.93. The van der Waals surface area contributed by atoms with Gasteiger partial charge in [0, 0.05) is 5.56 Å². The van der Waals surface area contributed by atoms with Crippen molar-refractivity contribution in [1.82, 2.24) is 29.4 Å². The van der Waals surface area contributed by atoms with Gasteiger partial charge in [-0.25, -0.2) is 9.03 Å². The molecule has 0 radical (unpaired) electrons. The van der Waals surface area contributed by atoms with Gasteiger partial charge in [-0.3, -0.25) is 0 Å². The average molecular weight is 236 g/mol. The molecule has 0 saturated carbocycles. The third kappa shape index (κ3) is 1.17. The lowest BCUT2D eigenvalue weighted by Crippen LogP contribution is -2.00. The Balaban J connectivity index is 2.15. The second-order valence-electron chi connectivity index (χ2n) is 3.93. The number of nitrogens with zero attached hydrogens (tertiary/aromatic N) is 6. The molecule has 0 aliphatic heterocycles. The monoisotopic (exact) mass is 236 g/mol. The van der Waals surface area contributed by atoms with Crippen molar-refractivity contribution in [3.05, 3.63) is 48.8 Å². The van der Waals surface area contributed by atoms with Gasteiger partial charge in [-0.1, -0.05) is 30.3 Å². The number of rotatable bonds is 1. The van der Waals surface area contributed by atoms with Gasteiger partial charge < -0.3 is 0 Å². The van der Waals surface area contributed by atoms with E-state index in [9.17, 15) is 0 Å². The molecule has 0 spiro atoms. The molecule has 3 aromatic heterocycles. The van der Waals surface area contributed by atoms with Crippen LogP contribution in [0, 0.1) is 0 Å². The molecule has 3 heterocycles.